The second-order valence-electron chi connectivity index (χ2n) is 4.02. The molecule has 0 radical (unpaired) electrons. The van der Waals surface area contributed by atoms with E-state index < -0.39 is 11.5 Å². The van der Waals surface area contributed by atoms with Crippen molar-refractivity contribution in [2.24, 2.45) is 0 Å². The molecule has 0 amide bonds. The maximum atomic E-state index is 13.4. The molecule has 0 aliphatic rings. The van der Waals surface area contributed by atoms with Gasteiger partial charge in [0.05, 0.1) is 0 Å². The Balaban J connectivity index is 2.72. The Hall–Kier alpha value is -0.940. The molecule has 0 unspecified atom stereocenters. The number of carboxylic acids is 1. The fourth-order valence-corrected chi connectivity index (χ4v) is 1.39. The van der Waals surface area contributed by atoms with Crippen LogP contribution in [-0.2, 0) is 11.3 Å². The normalized spacial score (nSPS) is 11.5. The van der Waals surface area contributed by atoms with Gasteiger partial charge in [-0.1, -0.05) is 22.0 Å². The topological polar surface area (TPSA) is 49.3 Å². The van der Waals surface area contributed by atoms with Gasteiger partial charge in [0.2, 0.25) is 0 Å². The van der Waals surface area contributed by atoms with Gasteiger partial charge in [0, 0.05) is 16.6 Å². The molecule has 0 aliphatic heterocycles. The molecule has 5 heteroatoms. The zero-order valence-electron chi connectivity index (χ0n) is 9.05. The van der Waals surface area contributed by atoms with Crippen molar-refractivity contribution in [1.82, 2.24) is 5.32 Å². The first-order valence-electron chi connectivity index (χ1n) is 4.75. The van der Waals surface area contributed by atoms with Gasteiger partial charge in [-0.3, -0.25) is 10.1 Å². The summed E-state index contributed by atoms with van der Waals surface area (Å²) in [7, 11) is 0. The molecule has 16 heavy (non-hydrogen) atoms. The maximum Gasteiger partial charge on any atom is 0.323 e. The second-order valence-corrected chi connectivity index (χ2v) is 4.94. The molecule has 0 fully saturated rings. The van der Waals surface area contributed by atoms with Crippen LogP contribution in [0.25, 0.3) is 0 Å². The van der Waals surface area contributed by atoms with Crippen molar-refractivity contribution >= 4 is 21.9 Å². The minimum Gasteiger partial charge on any atom is -0.480 e. The Labute approximate surface area is 102 Å². The molecule has 0 heterocycles. The third kappa shape index (κ3) is 3.28. The van der Waals surface area contributed by atoms with E-state index >= 15 is 0 Å². The summed E-state index contributed by atoms with van der Waals surface area (Å²) in [5, 5.41) is 11.6. The van der Waals surface area contributed by atoms with Crippen molar-refractivity contribution in [3.05, 3.63) is 34.1 Å². The van der Waals surface area contributed by atoms with Crippen molar-refractivity contribution in [1.29, 1.82) is 0 Å². The minimum atomic E-state index is -1.07. The number of benzene rings is 1. The summed E-state index contributed by atoms with van der Waals surface area (Å²) in [5.74, 6) is -1.33. The fraction of sp³-hybridized carbons (Fsp3) is 0.364. The first kappa shape index (κ1) is 13.1. The molecule has 0 bridgehead atoms. The van der Waals surface area contributed by atoms with Crippen LogP contribution in [0.3, 0.4) is 0 Å². The molecular formula is C11H13BrFNO2. The van der Waals surface area contributed by atoms with Crippen molar-refractivity contribution in [2.45, 2.75) is 25.9 Å². The Kier molecular flexibility index (Phi) is 4.04. The molecule has 0 saturated carbocycles. The van der Waals surface area contributed by atoms with E-state index in [9.17, 15) is 9.18 Å². The van der Waals surface area contributed by atoms with Gasteiger partial charge in [0.1, 0.15) is 11.4 Å². The van der Waals surface area contributed by atoms with Gasteiger partial charge < -0.3 is 5.11 Å². The average Bonchev–Trinajstić information content (AvgIpc) is 2.16. The summed E-state index contributed by atoms with van der Waals surface area (Å²) >= 11 is 3.16. The quantitative estimate of drug-likeness (QED) is 0.896. The SMILES string of the molecule is CC(C)(NCc1ccc(Br)cc1F)C(=O)O. The van der Waals surface area contributed by atoms with Gasteiger partial charge in [-0.15, -0.1) is 0 Å². The van der Waals surface area contributed by atoms with Crippen LogP contribution in [0.4, 0.5) is 4.39 Å². The largest absolute Gasteiger partial charge is 0.480 e. The second kappa shape index (κ2) is 4.93. The number of aliphatic carboxylic acids is 1. The van der Waals surface area contributed by atoms with E-state index in [4.69, 9.17) is 5.11 Å². The molecule has 0 atom stereocenters. The van der Waals surface area contributed by atoms with E-state index in [-0.39, 0.29) is 12.4 Å². The standard InChI is InChI=1S/C11H13BrFNO2/c1-11(2,10(15)16)14-6-7-3-4-8(12)5-9(7)13/h3-5,14H,6H2,1-2H3,(H,15,16). The molecule has 88 valence electrons. The van der Waals surface area contributed by atoms with E-state index in [1.165, 1.54) is 19.9 Å². The summed E-state index contributed by atoms with van der Waals surface area (Å²) in [6, 6.07) is 4.68. The summed E-state index contributed by atoms with van der Waals surface area (Å²) in [5.41, 5.74) is -0.628. The van der Waals surface area contributed by atoms with Crippen LogP contribution in [0.15, 0.2) is 22.7 Å². The highest BCUT2D eigenvalue weighted by Gasteiger charge is 2.26. The van der Waals surface area contributed by atoms with Crippen molar-refractivity contribution in [3.8, 4) is 0 Å². The van der Waals surface area contributed by atoms with Crippen LogP contribution >= 0.6 is 15.9 Å². The first-order valence-corrected chi connectivity index (χ1v) is 5.54. The van der Waals surface area contributed by atoms with Crippen molar-refractivity contribution in [3.63, 3.8) is 0 Å². The number of hydrogen-bond acceptors (Lipinski definition) is 2. The number of hydrogen-bond donors (Lipinski definition) is 2. The van der Waals surface area contributed by atoms with Gasteiger partial charge in [-0.2, -0.15) is 0 Å². The lowest BCUT2D eigenvalue weighted by atomic mass is 10.1. The van der Waals surface area contributed by atoms with E-state index in [0.717, 1.165) is 0 Å². The molecule has 1 rings (SSSR count). The summed E-state index contributed by atoms with van der Waals surface area (Å²) in [6.45, 7) is 3.25. The molecular weight excluding hydrogens is 277 g/mol. The fourth-order valence-electron chi connectivity index (χ4n) is 1.06. The number of carbonyl (C=O) groups is 1. The monoisotopic (exact) mass is 289 g/mol. The lowest BCUT2D eigenvalue weighted by molar-refractivity contribution is -0.143. The number of carboxylic acid groups (broad SMARTS) is 1. The Morgan fingerprint density at radius 2 is 2.19 bits per heavy atom. The van der Waals surface area contributed by atoms with Gasteiger partial charge in [0.25, 0.3) is 0 Å². The van der Waals surface area contributed by atoms with Crippen LogP contribution in [-0.4, -0.2) is 16.6 Å². The minimum absolute atomic E-state index is 0.179. The molecule has 0 saturated heterocycles. The average molecular weight is 290 g/mol. The van der Waals surface area contributed by atoms with E-state index in [1.807, 2.05) is 0 Å². The highest BCUT2D eigenvalue weighted by atomic mass is 79.9. The van der Waals surface area contributed by atoms with Crippen LogP contribution in [0, 0.1) is 5.82 Å². The van der Waals surface area contributed by atoms with E-state index in [0.29, 0.717) is 10.0 Å². The smallest absolute Gasteiger partial charge is 0.323 e. The highest BCUT2D eigenvalue weighted by molar-refractivity contribution is 9.10. The Morgan fingerprint density at radius 1 is 1.56 bits per heavy atom. The van der Waals surface area contributed by atoms with Crippen molar-refractivity contribution in [2.75, 3.05) is 0 Å². The molecule has 0 aliphatic carbocycles. The van der Waals surface area contributed by atoms with Crippen LogP contribution < -0.4 is 5.32 Å². The number of rotatable bonds is 4. The lowest BCUT2D eigenvalue weighted by Gasteiger charge is -2.21. The third-order valence-corrected chi connectivity index (χ3v) is 2.76. The summed E-state index contributed by atoms with van der Waals surface area (Å²) in [6.07, 6.45) is 0. The van der Waals surface area contributed by atoms with E-state index in [1.54, 1.807) is 12.1 Å². The van der Waals surface area contributed by atoms with Crippen molar-refractivity contribution < 1.29 is 14.3 Å². The Bertz CT molecular complexity index is 407. The molecule has 0 spiro atoms. The van der Waals surface area contributed by atoms with E-state index in [2.05, 4.69) is 21.2 Å². The predicted molar refractivity (Wildman–Crippen MR) is 62.7 cm³/mol. The third-order valence-electron chi connectivity index (χ3n) is 2.27. The summed E-state index contributed by atoms with van der Waals surface area (Å²) < 4.78 is 14.1. The number of nitrogens with one attached hydrogen (secondary N) is 1. The molecule has 2 N–H and O–H groups in total. The molecule has 1 aromatic carbocycles. The first-order chi connectivity index (χ1) is 7.33. The Morgan fingerprint density at radius 3 is 2.69 bits per heavy atom. The van der Waals surface area contributed by atoms with Gasteiger partial charge in [-0.25, -0.2) is 4.39 Å². The highest BCUT2D eigenvalue weighted by Crippen LogP contribution is 2.16. The van der Waals surface area contributed by atoms with Gasteiger partial charge >= 0.3 is 5.97 Å². The lowest BCUT2D eigenvalue weighted by Crippen LogP contribution is -2.46. The number of halogens is 2. The van der Waals surface area contributed by atoms with Crippen LogP contribution in [0.2, 0.25) is 0 Å². The van der Waals surface area contributed by atoms with Crippen LogP contribution in [0.5, 0.6) is 0 Å². The summed E-state index contributed by atoms with van der Waals surface area (Å²) in [4.78, 5) is 10.8. The van der Waals surface area contributed by atoms with Gasteiger partial charge in [-0.05, 0) is 26.0 Å². The van der Waals surface area contributed by atoms with Crippen LogP contribution in [0.1, 0.15) is 19.4 Å². The van der Waals surface area contributed by atoms with Gasteiger partial charge in [0.15, 0.2) is 0 Å². The molecule has 3 nitrogen and oxygen atoms in total. The zero-order chi connectivity index (χ0) is 12.3. The maximum absolute atomic E-state index is 13.4. The molecule has 1 aromatic rings. The molecule has 0 aromatic heterocycles. The predicted octanol–water partition coefficient (Wildman–Crippen LogP) is 2.54. The zero-order valence-corrected chi connectivity index (χ0v) is 10.6.